The van der Waals surface area contributed by atoms with Crippen molar-refractivity contribution < 1.29 is 14.6 Å². The molecule has 0 heterocycles. The van der Waals surface area contributed by atoms with E-state index in [0.717, 1.165) is 15.6 Å². The molecule has 1 aromatic carbocycles. The summed E-state index contributed by atoms with van der Waals surface area (Å²) in [5, 5.41) is 9.91. The SMILES string of the molecule is COC(=O)C(C)(O)Cc1ccc(Br)c(C)c1. The van der Waals surface area contributed by atoms with Crippen LogP contribution in [0.4, 0.5) is 0 Å². The van der Waals surface area contributed by atoms with Gasteiger partial charge in [-0.3, -0.25) is 0 Å². The van der Waals surface area contributed by atoms with Crippen LogP contribution in [0.5, 0.6) is 0 Å². The minimum Gasteiger partial charge on any atom is -0.467 e. The molecule has 1 N–H and O–H groups in total. The molecule has 0 fully saturated rings. The minimum absolute atomic E-state index is 0.244. The standard InChI is InChI=1S/C12H15BrO3/c1-8-6-9(4-5-10(8)13)7-12(2,15)11(14)16-3/h4-6,15H,7H2,1-3H3. The molecule has 88 valence electrons. The second-order valence-electron chi connectivity index (χ2n) is 4.03. The first-order chi connectivity index (χ1) is 7.36. The third-order valence-electron chi connectivity index (χ3n) is 2.40. The average molecular weight is 287 g/mol. The minimum atomic E-state index is -1.48. The van der Waals surface area contributed by atoms with E-state index in [2.05, 4.69) is 20.7 Å². The van der Waals surface area contributed by atoms with Gasteiger partial charge in [-0.1, -0.05) is 28.1 Å². The second-order valence-corrected chi connectivity index (χ2v) is 4.88. The summed E-state index contributed by atoms with van der Waals surface area (Å²) in [4.78, 5) is 11.3. The maximum atomic E-state index is 11.3. The van der Waals surface area contributed by atoms with Gasteiger partial charge in [-0.05, 0) is 31.0 Å². The van der Waals surface area contributed by atoms with Gasteiger partial charge < -0.3 is 9.84 Å². The van der Waals surface area contributed by atoms with Gasteiger partial charge in [-0.2, -0.15) is 0 Å². The van der Waals surface area contributed by atoms with E-state index < -0.39 is 11.6 Å². The lowest BCUT2D eigenvalue weighted by Gasteiger charge is -2.20. The van der Waals surface area contributed by atoms with Crippen LogP contribution in [0.1, 0.15) is 18.1 Å². The molecule has 0 bridgehead atoms. The van der Waals surface area contributed by atoms with E-state index in [9.17, 15) is 9.90 Å². The van der Waals surface area contributed by atoms with Crippen LogP contribution < -0.4 is 0 Å². The number of halogens is 1. The molecule has 1 atom stereocenters. The molecule has 0 aliphatic heterocycles. The Balaban J connectivity index is 2.88. The maximum absolute atomic E-state index is 11.3. The van der Waals surface area contributed by atoms with Gasteiger partial charge in [0, 0.05) is 10.9 Å². The van der Waals surface area contributed by atoms with E-state index in [1.807, 2.05) is 25.1 Å². The van der Waals surface area contributed by atoms with Crippen molar-refractivity contribution in [2.45, 2.75) is 25.9 Å². The molecule has 0 saturated heterocycles. The molecule has 0 amide bonds. The average Bonchev–Trinajstić information content (AvgIpc) is 2.22. The molecule has 0 aliphatic carbocycles. The van der Waals surface area contributed by atoms with Gasteiger partial charge in [-0.15, -0.1) is 0 Å². The summed E-state index contributed by atoms with van der Waals surface area (Å²) in [7, 11) is 1.27. The lowest BCUT2D eigenvalue weighted by molar-refractivity contribution is -0.160. The van der Waals surface area contributed by atoms with Gasteiger partial charge in [0.25, 0.3) is 0 Å². The van der Waals surface area contributed by atoms with Crippen molar-refractivity contribution in [3.8, 4) is 0 Å². The highest BCUT2D eigenvalue weighted by Crippen LogP contribution is 2.21. The summed E-state index contributed by atoms with van der Waals surface area (Å²) in [6.07, 6.45) is 0.244. The number of ether oxygens (including phenoxy) is 1. The zero-order valence-corrected chi connectivity index (χ0v) is 11.2. The van der Waals surface area contributed by atoms with Gasteiger partial charge in [0.05, 0.1) is 7.11 Å². The van der Waals surface area contributed by atoms with E-state index in [4.69, 9.17) is 0 Å². The number of benzene rings is 1. The van der Waals surface area contributed by atoms with Crippen molar-refractivity contribution in [2.75, 3.05) is 7.11 Å². The van der Waals surface area contributed by atoms with Crippen LogP contribution in [0.25, 0.3) is 0 Å². The van der Waals surface area contributed by atoms with Crippen molar-refractivity contribution in [1.82, 2.24) is 0 Å². The number of carbonyl (C=O) groups excluding carboxylic acids is 1. The van der Waals surface area contributed by atoms with Crippen molar-refractivity contribution >= 4 is 21.9 Å². The molecule has 0 aromatic heterocycles. The number of esters is 1. The third kappa shape index (κ3) is 3.06. The molecule has 4 heteroatoms. The third-order valence-corrected chi connectivity index (χ3v) is 3.29. The molecule has 1 rings (SSSR count). The Bertz CT molecular complexity index is 399. The maximum Gasteiger partial charge on any atom is 0.337 e. The zero-order chi connectivity index (χ0) is 12.3. The van der Waals surface area contributed by atoms with E-state index >= 15 is 0 Å². The van der Waals surface area contributed by atoms with Crippen molar-refractivity contribution in [1.29, 1.82) is 0 Å². The molecule has 0 saturated carbocycles. The quantitative estimate of drug-likeness (QED) is 0.867. The highest BCUT2D eigenvalue weighted by molar-refractivity contribution is 9.10. The first-order valence-electron chi connectivity index (χ1n) is 4.92. The fourth-order valence-corrected chi connectivity index (χ4v) is 1.75. The van der Waals surface area contributed by atoms with E-state index in [1.165, 1.54) is 14.0 Å². The van der Waals surface area contributed by atoms with Crippen LogP contribution in [0.15, 0.2) is 22.7 Å². The summed E-state index contributed by atoms with van der Waals surface area (Å²) in [6, 6.07) is 5.70. The Labute approximate surface area is 104 Å². The first-order valence-corrected chi connectivity index (χ1v) is 5.72. The van der Waals surface area contributed by atoms with Crippen LogP contribution in [0.3, 0.4) is 0 Å². The van der Waals surface area contributed by atoms with Crippen LogP contribution in [0.2, 0.25) is 0 Å². The summed E-state index contributed by atoms with van der Waals surface area (Å²) < 4.78 is 5.55. The fraction of sp³-hybridized carbons (Fsp3) is 0.417. The van der Waals surface area contributed by atoms with Crippen molar-refractivity contribution in [2.24, 2.45) is 0 Å². The second kappa shape index (κ2) is 4.97. The summed E-state index contributed by atoms with van der Waals surface area (Å²) in [6.45, 7) is 3.41. The van der Waals surface area contributed by atoms with Crippen LogP contribution >= 0.6 is 15.9 Å². The number of carbonyl (C=O) groups is 1. The van der Waals surface area contributed by atoms with Crippen molar-refractivity contribution in [3.63, 3.8) is 0 Å². The van der Waals surface area contributed by atoms with E-state index in [1.54, 1.807) is 0 Å². The Morgan fingerprint density at radius 1 is 1.56 bits per heavy atom. The topological polar surface area (TPSA) is 46.5 Å². The number of methoxy groups -OCH3 is 1. The van der Waals surface area contributed by atoms with E-state index in [-0.39, 0.29) is 6.42 Å². The van der Waals surface area contributed by atoms with Crippen LogP contribution in [-0.2, 0) is 16.0 Å². The predicted octanol–water partition coefficient (Wildman–Crippen LogP) is 2.22. The number of aryl methyl sites for hydroxylation is 1. The Morgan fingerprint density at radius 3 is 2.69 bits per heavy atom. The number of aliphatic hydroxyl groups is 1. The number of hydrogen-bond donors (Lipinski definition) is 1. The normalized spacial score (nSPS) is 14.3. The van der Waals surface area contributed by atoms with Gasteiger partial charge in [0.15, 0.2) is 5.60 Å². The Morgan fingerprint density at radius 2 is 2.19 bits per heavy atom. The lowest BCUT2D eigenvalue weighted by atomic mass is 9.96. The molecule has 3 nitrogen and oxygen atoms in total. The van der Waals surface area contributed by atoms with Gasteiger partial charge in [-0.25, -0.2) is 4.79 Å². The van der Waals surface area contributed by atoms with Gasteiger partial charge in [0.2, 0.25) is 0 Å². The molecule has 0 radical (unpaired) electrons. The molecule has 1 aromatic rings. The monoisotopic (exact) mass is 286 g/mol. The van der Waals surface area contributed by atoms with Crippen LogP contribution in [-0.4, -0.2) is 23.8 Å². The summed E-state index contributed by atoms with van der Waals surface area (Å²) in [5.74, 6) is -0.618. The Hall–Kier alpha value is -0.870. The number of rotatable bonds is 3. The molecule has 1 unspecified atom stereocenters. The first kappa shape index (κ1) is 13.2. The van der Waals surface area contributed by atoms with Gasteiger partial charge in [0.1, 0.15) is 0 Å². The molecular formula is C12H15BrO3. The highest BCUT2D eigenvalue weighted by Gasteiger charge is 2.31. The smallest absolute Gasteiger partial charge is 0.337 e. The van der Waals surface area contributed by atoms with Gasteiger partial charge >= 0.3 is 5.97 Å². The Kier molecular flexibility index (Phi) is 4.10. The van der Waals surface area contributed by atoms with E-state index in [0.29, 0.717) is 0 Å². The summed E-state index contributed by atoms with van der Waals surface area (Å²) >= 11 is 3.40. The molecular weight excluding hydrogens is 272 g/mol. The zero-order valence-electron chi connectivity index (χ0n) is 9.58. The molecule has 16 heavy (non-hydrogen) atoms. The van der Waals surface area contributed by atoms with Crippen molar-refractivity contribution in [3.05, 3.63) is 33.8 Å². The highest BCUT2D eigenvalue weighted by atomic mass is 79.9. The van der Waals surface area contributed by atoms with Crippen LogP contribution in [0, 0.1) is 6.92 Å². The largest absolute Gasteiger partial charge is 0.467 e. The predicted molar refractivity (Wildman–Crippen MR) is 65.2 cm³/mol. The lowest BCUT2D eigenvalue weighted by Crippen LogP contribution is -2.38. The fourth-order valence-electron chi connectivity index (χ4n) is 1.51. The number of hydrogen-bond acceptors (Lipinski definition) is 3. The summed E-state index contributed by atoms with van der Waals surface area (Å²) in [5.41, 5.74) is 0.490. The molecule has 0 spiro atoms. The molecule has 0 aliphatic rings.